The van der Waals surface area contributed by atoms with E-state index in [2.05, 4.69) is 48.1 Å². The van der Waals surface area contributed by atoms with Gasteiger partial charge in [-0.2, -0.15) is 5.10 Å². The van der Waals surface area contributed by atoms with Crippen LogP contribution < -0.4 is 5.32 Å². The third-order valence-electron chi connectivity index (χ3n) is 3.40. The summed E-state index contributed by atoms with van der Waals surface area (Å²) in [4.78, 5) is 8.91. The van der Waals surface area contributed by atoms with E-state index in [0.717, 1.165) is 36.0 Å². The molecule has 0 unspecified atom stereocenters. The Labute approximate surface area is 120 Å². The minimum Gasteiger partial charge on any atom is -0.311 e. The Morgan fingerprint density at radius 2 is 1.95 bits per heavy atom. The molecule has 0 aromatic carbocycles. The number of hydrogen-bond donors (Lipinski definition) is 1. The molecule has 5 heteroatoms. The van der Waals surface area contributed by atoms with Gasteiger partial charge >= 0.3 is 0 Å². The van der Waals surface area contributed by atoms with Crippen molar-refractivity contribution in [3.05, 3.63) is 35.0 Å². The highest BCUT2D eigenvalue weighted by atomic mass is 15.3. The van der Waals surface area contributed by atoms with Gasteiger partial charge in [0.25, 0.3) is 0 Å². The number of aryl methyl sites for hydroxylation is 1. The van der Waals surface area contributed by atoms with Crippen LogP contribution in [0.2, 0.25) is 0 Å². The number of nitrogens with zero attached hydrogens (tertiary/aromatic N) is 4. The molecule has 0 amide bonds. The fourth-order valence-corrected chi connectivity index (χ4v) is 2.01. The van der Waals surface area contributed by atoms with Gasteiger partial charge in [-0.3, -0.25) is 4.98 Å². The van der Waals surface area contributed by atoms with E-state index >= 15 is 0 Å². The smallest absolute Gasteiger partial charge is 0.172 e. The van der Waals surface area contributed by atoms with E-state index in [0.29, 0.717) is 5.92 Å². The summed E-state index contributed by atoms with van der Waals surface area (Å²) in [6, 6.07) is 0. The van der Waals surface area contributed by atoms with Crippen molar-refractivity contribution in [2.45, 2.75) is 41.2 Å². The molecule has 0 aliphatic heterocycles. The van der Waals surface area contributed by atoms with Crippen LogP contribution in [-0.2, 0) is 6.54 Å². The van der Waals surface area contributed by atoms with E-state index in [-0.39, 0.29) is 0 Å². The van der Waals surface area contributed by atoms with E-state index < -0.39 is 0 Å². The summed E-state index contributed by atoms with van der Waals surface area (Å²) in [6.45, 7) is 12.2. The van der Waals surface area contributed by atoms with Gasteiger partial charge in [-0.05, 0) is 38.8 Å². The molecule has 0 aliphatic rings. The summed E-state index contributed by atoms with van der Waals surface area (Å²) in [5, 5.41) is 7.90. The quantitative estimate of drug-likeness (QED) is 0.908. The number of hydrogen-bond acceptors (Lipinski definition) is 4. The molecule has 0 bridgehead atoms. The Morgan fingerprint density at radius 1 is 1.20 bits per heavy atom. The molecule has 5 nitrogen and oxygen atoms in total. The molecule has 0 radical (unpaired) electrons. The fraction of sp³-hybridized carbons (Fsp3) is 0.533. The van der Waals surface area contributed by atoms with Crippen LogP contribution in [-0.4, -0.2) is 26.3 Å². The summed E-state index contributed by atoms with van der Waals surface area (Å²) in [5.41, 5.74) is 4.29. The number of nitrogens with one attached hydrogen (secondary N) is 1. The fourth-order valence-electron chi connectivity index (χ4n) is 2.01. The van der Waals surface area contributed by atoms with Gasteiger partial charge in [-0.1, -0.05) is 13.8 Å². The third-order valence-corrected chi connectivity index (χ3v) is 3.40. The van der Waals surface area contributed by atoms with Crippen LogP contribution in [0.25, 0.3) is 5.82 Å². The molecule has 0 spiro atoms. The van der Waals surface area contributed by atoms with E-state index in [9.17, 15) is 0 Å². The third kappa shape index (κ3) is 3.22. The molecule has 2 heterocycles. The van der Waals surface area contributed by atoms with Crippen molar-refractivity contribution < 1.29 is 0 Å². The SMILES string of the molecule is Cc1nn(-c2cncc(CNCC(C)C)n2)c(C)c1C. The van der Waals surface area contributed by atoms with Crippen LogP contribution in [0.3, 0.4) is 0 Å². The first kappa shape index (κ1) is 14.7. The van der Waals surface area contributed by atoms with Gasteiger partial charge in [0.05, 0.1) is 17.6 Å². The van der Waals surface area contributed by atoms with Gasteiger partial charge in [-0.15, -0.1) is 0 Å². The standard InChI is InChI=1S/C15H23N5/c1-10(2)6-16-7-14-8-17-9-15(18-14)20-13(5)11(3)12(4)19-20/h8-10,16H,6-7H2,1-5H3. The zero-order valence-electron chi connectivity index (χ0n) is 12.9. The molecule has 2 aromatic heterocycles. The zero-order chi connectivity index (χ0) is 14.7. The second-order valence-corrected chi connectivity index (χ2v) is 5.60. The number of aromatic nitrogens is 4. The lowest BCUT2D eigenvalue weighted by Crippen LogP contribution is -2.20. The Hall–Kier alpha value is -1.75. The van der Waals surface area contributed by atoms with Crippen LogP contribution in [0.1, 0.15) is 36.5 Å². The molecule has 2 aromatic rings. The first-order valence-corrected chi connectivity index (χ1v) is 7.04. The minimum atomic E-state index is 0.629. The second-order valence-electron chi connectivity index (χ2n) is 5.60. The zero-order valence-corrected chi connectivity index (χ0v) is 12.9. The largest absolute Gasteiger partial charge is 0.311 e. The summed E-state index contributed by atoms with van der Waals surface area (Å²) >= 11 is 0. The first-order chi connectivity index (χ1) is 9.49. The van der Waals surface area contributed by atoms with Gasteiger partial charge in [0.2, 0.25) is 0 Å². The maximum atomic E-state index is 4.63. The molecule has 20 heavy (non-hydrogen) atoms. The molecule has 0 aliphatic carbocycles. The van der Waals surface area contributed by atoms with Gasteiger partial charge in [0.15, 0.2) is 5.82 Å². The number of rotatable bonds is 5. The summed E-state index contributed by atoms with van der Waals surface area (Å²) < 4.78 is 1.86. The van der Waals surface area contributed by atoms with Gasteiger partial charge in [0.1, 0.15) is 0 Å². The van der Waals surface area contributed by atoms with Crippen molar-refractivity contribution in [3.63, 3.8) is 0 Å². The second kappa shape index (κ2) is 6.13. The molecule has 0 saturated carbocycles. The maximum Gasteiger partial charge on any atom is 0.172 e. The Kier molecular flexibility index (Phi) is 4.49. The Balaban J connectivity index is 2.19. The molecule has 108 valence electrons. The highest BCUT2D eigenvalue weighted by Crippen LogP contribution is 2.14. The molecular formula is C15H23N5. The van der Waals surface area contributed by atoms with Crippen molar-refractivity contribution in [2.24, 2.45) is 5.92 Å². The molecule has 0 fully saturated rings. The average Bonchev–Trinajstić information content (AvgIpc) is 2.66. The van der Waals surface area contributed by atoms with E-state index in [1.807, 2.05) is 11.6 Å². The maximum absolute atomic E-state index is 4.63. The molecular weight excluding hydrogens is 250 g/mol. The summed E-state index contributed by atoms with van der Waals surface area (Å²) in [6.07, 6.45) is 3.56. The lowest BCUT2D eigenvalue weighted by atomic mass is 10.2. The van der Waals surface area contributed by atoms with E-state index in [4.69, 9.17) is 0 Å². The van der Waals surface area contributed by atoms with Crippen LogP contribution in [0.4, 0.5) is 0 Å². The summed E-state index contributed by atoms with van der Waals surface area (Å²) in [7, 11) is 0. The Bertz CT molecular complexity index is 586. The van der Waals surface area contributed by atoms with E-state index in [1.165, 1.54) is 5.56 Å². The van der Waals surface area contributed by atoms with Crippen LogP contribution in [0, 0.1) is 26.7 Å². The lowest BCUT2D eigenvalue weighted by Gasteiger charge is -2.08. The highest BCUT2D eigenvalue weighted by Gasteiger charge is 2.10. The monoisotopic (exact) mass is 273 g/mol. The molecule has 1 N–H and O–H groups in total. The van der Waals surface area contributed by atoms with Crippen molar-refractivity contribution >= 4 is 0 Å². The normalized spacial score (nSPS) is 11.3. The van der Waals surface area contributed by atoms with Crippen molar-refractivity contribution in [3.8, 4) is 5.82 Å². The van der Waals surface area contributed by atoms with Crippen LogP contribution in [0.15, 0.2) is 12.4 Å². The molecule has 0 saturated heterocycles. The van der Waals surface area contributed by atoms with Crippen molar-refractivity contribution in [2.75, 3.05) is 6.54 Å². The molecule has 2 rings (SSSR count). The first-order valence-electron chi connectivity index (χ1n) is 7.04. The molecule has 0 atom stereocenters. The minimum absolute atomic E-state index is 0.629. The summed E-state index contributed by atoms with van der Waals surface area (Å²) in [5.74, 6) is 1.41. The highest BCUT2D eigenvalue weighted by molar-refractivity contribution is 5.30. The van der Waals surface area contributed by atoms with Gasteiger partial charge in [0, 0.05) is 18.4 Å². The lowest BCUT2D eigenvalue weighted by molar-refractivity contribution is 0.547. The Morgan fingerprint density at radius 3 is 2.55 bits per heavy atom. The van der Waals surface area contributed by atoms with Gasteiger partial charge in [-0.25, -0.2) is 9.67 Å². The van der Waals surface area contributed by atoms with Crippen LogP contribution >= 0.6 is 0 Å². The van der Waals surface area contributed by atoms with Crippen molar-refractivity contribution in [1.82, 2.24) is 25.1 Å². The topological polar surface area (TPSA) is 55.6 Å². The predicted octanol–water partition coefficient (Wildman–Crippen LogP) is 2.33. The van der Waals surface area contributed by atoms with E-state index in [1.54, 1.807) is 12.4 Å². The predicted molar refractivity (Wildman–Crippen MR) is 79.9 cm³/mol. The van der Waals surface area contributed by atoms with Crippen molar-refractivity contribution in [1.29, 1.82) is 0 Å². The average molecular weight is 273 g/mol. The van der Waals surface area contributed by atoms with Crippen LogP contribution in [0.5, 0.6) is 0 Å². The van der Waals surface area contributed by atoms with Gasteiger partial charge < -0.3 is 5.32 Å².